The van der Waals surface area contributed by atoms with Crippen LogP contribution >= 0.6 is 0 Å². The summed E-state index contributed by atoms with van der Waals surface area (Å²) in [6, 6.07) is 12.4. The molecule has 0 radical (unpaired) electrons. The molecule has 0 bridgehead atoms. The van der Waals surface area contributed by atoms with Gasteiger partial charge in [0.05, 0.1) is 28.7 Å². The first-order valence-electron chi connectivity index (χ1n) is 6.78. The average molecular weight is 311 g/mol. The molecule has 2 aromatic carbocycles. The number of benzene rings is 2. The Balaban J connectivity index is 2.24. The summed E-state index contributed by atoms with van der Waals surface area (Å²) in [6.07, 6.45) is 0. The number of nitro benzene ring substituents is 1. The molecule has 0 unspecified atom stereocenters. The molecule has 2 aromatic rings. The van der Waals surface area contributed by atoms with Gasteiger partial charge in [-0.3, -0.25) is 10.1 Å². The fourth-order valence-electron chi connectivity index (χ4n) is 1.92. The third-order valence-corrected chi connectivity index (χ3v) is 3.00. The van der Waals surface area contributed by atoms with E-state index >= 15 is 0 Å². The predicted molar refractivity (Wildman–Crippen MR) is 83.5 cm³/mol. The summed E-state index contributed by atoms with van der Waals surface area (Å²) in [7, 11) is 0. The van der Waals surface area contributed by atoms with Crippen molar-refractivity contribution in [3.8, 4) is 6.07 Å². The molecule has 7 nitrogen and oxygen atoms in total. The van der Waals surface area contributed by atoms with Gasteiger partial charge < -0.3 is 10.1 Å². The molecule has 0 aliphatic heterocycles. The Hall–Kier alpha value is -3.40. The van der Waals surface area contributed by atoms with Gasteiger partial charge in [0.1, 0.15) is 5.69 Å². The number of hydrogen-bond donors (Lipinski definition) is 1. The number of rotatable bonds is 5. The maximum atomic E-state index is 11.6. The second kappa shape index (κ2) is 7.04. The maximum absolute atomic E-state index is 11.6. The summed E-state index contributed by atoms with van der Waals surface area (Å²) >= 11 is 0. The first-order chi connectivity index (χ1) is 11.0. The van der Waals surface area contributed by atoms with Crippen LogP contribution in [0, 0.1) is 21.4 Å². The number of ether oxygens (including phenoxy) is 1. The quantitative estimate of drug-likeness (QED) is 0.515. The van der Waals surface area contributed by atoms with Gasteiger partial charge in [0, 0.05) is 11.8 Å². The molecule has 0 aliphatic rings. The monoisotopic (exact) mass is 311 g/mol. The topological polar surface area (TPSA) is 105 Å². The fourth-order valence-corrected chi connectivity index (χ4v) is 1.92. The van der Waals surface area contributed by atoms with Crippen molar-refractivity contribution < 1.29 is 14.5 Å². The zero-order valence-electron chi connectivity index (χ0n) is 12.3. The van der Waals surface area contributed by atoms with Crippen LogP contribution < -0.4 is 5.32 Å². The molecule has 7 heteroatoms. The highest BCUT2D eigenvalue weighted by molar-refractivity contribution is 5.90. The summed E-state index contributed by atoms with van der Waals surface area (Å²) < 4.78 is 4.88. The maximum Gasteiger partial charge on any atom is 0.338 e. The SMILES string of the molecule is CCOC(=O)c1ccc(Nc2ccc(C#N)cc2[N+](=O)[O-])cc1. The second-order valence-electron chi connectivity index (χ2n) is 4.52. The highest BCUT2D eigenvalue weighted by Gasteiger charge is 2.15. The standard InChI is InChI=1S/C16H13N3O4/c1-2-23-16(20)12-4-6-13(7-5-12)18-14-8-3-11(10-17)9-15(14)19(21)22/h3-9,18H,2H2,1H3. The van der Waals surface area contributed by atoms with E-state index in [-0.39, 0.29) is 23.5 Å². The molecular formula is C16H13N3O4. The van der Waals surface area contributed by atoms with Gasteiger partial charge in [0.2, 0.25) is 0 Å². The van der Waals surface area contributed by atoms with Crippen LogP contribution in [0.3, 0.4) is 0 Å². The Morgan fingerprint density at radius 2 is 2.00 bits per heavy atom. The molecule has 0 aromatic heterocycles. The lowest BCUT2D eigenvalue weighted by Gasteiger charge is -2.08. The van der Waals surface area contributed by atoms with Crippen LogP contribution in [0.2, 0.25) is 0 Å². The second-order valence-corrected chi connectivity index (χ2v) is 4.52. The Labute approximate surface area is 132 Å². The van der Waals surface area contributed by atoms with E-state index in [1.807, 2.05) is 6.07 Å². The van der Waals surface area contributed by atoms with Crippen molar-refractivity contribution in [3.05, 3.63) is 63.7 Å². The number of hydrogen-bond acceptors (Lipinski definition) is 6. The minimum Gasteiger partial charge on any atom is -0.462 e. The lowest BCUT2D eigenvalue weighted by Crippen LogP contribution is -2.04. The minimum absolute atomic E-state index is 0.196. The summed E-state index contributed by atoms with van der Waals surface area (Å²) in [5.41, 5.74) is 1.24. The van der Waals surface area contributed by atoms with Crippen molar-refractivity contribution in [2.45, 2.75) is 6.92 Å². The van der Waals surface area contributed by atoms with Crippen LogP contribution in [-0.4, -0.2) is 17.5 Å². The zero-order valence-corrected chi connectivity index (χ0v) is 12.3. The van der Waals surface area contributed by atoms with Crippen LogP contribution in [0.25, 0.3) is 0 Å². The molecule has 0 amide bonds. The Morgan fingerprint density at radius 1 is 1.30 bits per heavy atom. The molecule has 0 spiro atoms. The van der Waals surface area contributed by atoms with E-state index in [4.69, 9.17) is 10.00 Å². The van der Waals surface area contributed by atoms with Gasteiger partial charge in [0.25, 0.3) is 5.69 Å². The first-order valence-corrected chi connectivity index (χ1v) is 6.78. The highest BCUT2D eigenvalue weighted by Crippen LogP contribution is 2.28. The molecule has 0 saturated carbocycles. The van der Waals surface area contributed by atoms with Gasteiger partial charge in [0.15, 0.2) is 0 Å². The van der Waals surface area contributed by atoms with Gasteiger partial charge in [-0.15, -0.1) is 0 Å². The van der Waals surface area contributed by atoms with Gasteiger partial charge in [-0.05, 0) is 43.3 Å². The summed E-state index contributed by atoms with van der Waals surface area (Å²) in [6.45, 7) is 2.01. The predicted octanol–water partition coefficient (Wildman–Crippen LogP) is 3.39. The molecule has 0 saturated heterocycles. The van der Waals surface area contributed by atoms with E-state index < -0.39 is 10.9 Å². The highest BCUT2D eigenvalue weighted by atomic mass is 16.6. The Kier molecular flexibility index (Phi) is 4.89. The van der Waals surface area contributed by atoms with E-state index in [0.29, 0.717) is 11.3 Å². The van der Waals surface area contributed by atoms with Crippen molar-refractivity contribution in [3.63, 3.8) is 0 Å². The van der Waals surface area contributed by atoms with E-state index in [0.717, 1.165) is 0 Å². The van der Waals surface area contributed by atoms with Crippen LogP contribution in [0.5, 0.6) is 0 Å². The largest absolute Gasteiger partial charge is 0.462 e. The fraction of sp³-hybridized carbons (Fsp3) is 0.125. The summed E-state index contributed by atoms with van der Waals surface area (Å²) in [5.74, 6) is -0.427. The van der Waals surface area contributed by atoms with Gasteiger partial charge >= 0.3 is 5.97 Å². The van der Waals surface area contributed by atoms with Crippen molar-refractivity contribution in [2.24, 2.45) is 0 Å². The van der Waals surface area contributed by atoms with E-state index in [1.165, 1.54) is 18.2 Å². The zero-order chi connectivity index (χ0) is 16.8. The number of carbonyl (C=O) groups is 1. The number of nitrogens with one attached hydrogen (secondary N) is 1. The number of esters is 1. The van der Waals surface area contributed by atoms with Crippen LogP contribution in [0.1, 0.15) is 22.8 Å². The third kappa shape index (κ3) is 3.83. The minimum atomic E-state index is -0.559. The number of carbonyl (C=O) groups excluding carboxylic acids is 1. The van der Waals surface area contributed by atoms with E-state index in [2.05, 4.69) is 5.32 Å². The van der Waals surface area contributed by atoms with Crippen molar-refractivity contribution in [1.82, 2.24) is 0 Å². The molecule has 116 valence electrons. The molecule has 0 atom stereocenters. The van der Waals surface area contributed by atoms with Crippen LogP contribution in [0.15, 0.2) is 42.5 Å². The van der Waals surface area contributed by atoms with E-state index in [9.17, 15) is 14.9 Å². The summed E-state index contributed by atoms with van der Waals surface area (Å²) in [5, 5.41) is 22.8. The van der Waals surface area contributed by atoms with Gasteiger partial charge in [-0.1, -0.05) is 0 Å². The normalized spacial score (nSPS) is 9.74. The molecule has 1 N–H and O–H groups in total. The number of anilines is 2. The van der Waals surface area contributed by atoms with Gasteiger partial charge in [-0.25, -0.2) is 4.79 Å². The third-order valence-electron chi connectivity index (χ3n) is 3.00. The molecular weight excluding hydrogens is 298 g/mol. The molecule has 0 aliphatic carbocycles. The van der Waals surface area contributed by atoms with Crippen molar-refractivity contribution in [1.29, 1.82) is 5.26 Å². The molecule has 23 heavy (non-hydrogen) atoms. The first kappa shape index (κ1) is 16.0. The lowest BCUT2D eigenvalue weighted by atomic mass is 10.1. The molecule has 0 heterocycles. The lowest BCUT2D eigenvalue weighted by molar-refractivity contribution is -0.383. The van der Waals surface area contributed by atoms with Crippen molar-refractivity contribution in [2.75, 3.05) is 11.9 Å². The number of nitriles is 1. The average Bonchev–Trinajstić information content (AvgIpc) is 2.56. The number of nitrogens with zero attached hydrogens (tertiary/aromatic N) is 2. The summed E-state index contributed by atoms with van der Waals surface area (Å²) in [4.78, 5) is 22.1. The molecule has 2 rings (SSSR count). The van der Waals surface area contributed by atoms with Crippen LogP contribution in [0.4, 0.5) is 17.1 Å². The van der Waals surface area contributed by atoms with Crippen molar-refractivity contribution >= 4 is 23.0 Å². The Bertz CT molecular complexity index is 779. The van der Waals surface area contributed by atoms with Gasteiger partial charge in [-0.2, -0.15) is 5.26 Å². The van der Waals surface area contributed by atoms with Crippen LogP contribution in [-0.2, 0) is 4.74 Å². The number of nitro groups is 1. The Morgan fingerprint density at radius 3 is 2.57 bits per heavy atom. The van der Waals surface area contributed by atoms with E-state index in [1.54, 1.807) is 31.2 Å². The molecule has 0 fully saturated rings. The smallest absolute Gasteiger partial charge is 0.338 e.